The van der Waals surface area contributed by atoms with Crippen LogP contribution in [0.2, 0.25) is 5.04 Å². The maximum atomic E-state index is 7.43. The van der Waals surface area contributed by atoms with Crippen molar-refractivity contribution in [2.24, 2.45) is 0 Å². The summed E-state index contributed by atoms with van der Waals surface area (Å²) >= 11 is 0. The Kier molecular flexibility index (Phi) is 6.28. The minimum absolute atomic E-state index is 0.0347. The zero-order valence-corrected chi connectivity index (χ0v) is 21.7. The van der Waals surface area contributed by atoms with E-state index in [0.717, 1.165) is 24.8 Å². The number of hydrogen-bond donors (Lipinski definition) is 0. The average Bonchev–Trinajstić information content (AvgIpc) is 3.20. The van der Waals surface area contributed by atoms with Gasteiger partial charge in [0.05, 0.1) is 11.7 Å². The van der Waals surface area contributed by atoms with Crippen molar-refractivity contribution in [1.29, 1.82) is 0 Å². The Morgan fingerprint density at radius 2 is 1.32 bits per heavy atom. The topological polar surface area (TPSA) is 27.7 Å². The lowest BCUT2D eigenvalue weighted by molar-refractivity contribution is -0.0962. The lowest BCUT2D eigenvalue weighted by Crippen LogP contribution is -2.68. The summed E-state index contributed by atoms with van der Waals surface area (Å²) in [7, 11) is -2.59. The highest BCUT2D eigenvalue weighted by molar-refractivity contribution is 6.99. The maximum absolute atomic E-state index is 7.43. The van der Waals surface area contributed by atoms with Crippen molar-refractivity contribution in [2.45, 2.75) is 76.1 Å². The van der Waals surface area contributed by atoms with Crippen LogP contribution in [0.4, 0.5) is 0 Å². The quantitative estimate of drug-likeness (QED) is 0.427. The third-order valence-electron chi connectivity index (χ3n) is 7.56. The molecule has 1 aliphatic carbocycles. The highest BCUT2D eigenvalue weighted by Gasteiger charge is 2.55. The van der Waals surface area contributed by atoms with Crippen LogP contribution >= 0.6 is 0 Å². The van der Waals surface area contributed by atoms with Gasteiger partial charge < -0.3 is 13.9 Å². The molecule has 0 spiro atoms. The zero-order chi connectivity index (χ0) is 23.8. The number of fused-ring (bicyclic) bond motifs is 1. The van der Waals surface area contributed by atoms with E-state index in [2.05, 4.69) is 100 Å². The summed E-state index contributed by atoms with van der Waals surface area (Å²) in [6, 6.07) is 32.1. The highest BCUT2D eigenvalue weighted by atomic mass is 28.4. The summed E-state index contributed by atoms with van der Waals surface area (Å²) in [6.07, 6.45) is 2.68. The zero-order valence-electron chi connectivity index (χ0n) is 20.7. The molecule has 4 heteroatoms. The number of ether oxygens (including phenoxy) is 2. The van der Waals surface area contributed by atoms with Crippen LogP contribution in [0.1, 0.15) is 58.8 Å². The summed E-state index contributed by atoms with van der Waals surface area (Å²) in [4.78, 5) is 0. The average molecular weight is 473 g/mol. The number of rotatable bonds is 5. The molecule has 0 bridgehead atoms. The molecule has 34 heavy (non-hydrogen) atoms. The molecule has 4 unspecified atom stereocenters. The minimum atomic E-state index is -2.59. The monoisotopic (exact) mass is 472 g/mol. The fraction of sp³-hybridized carbons (Fsp3) is 0.400. The summed E-state index contributed by atoms with van der Waals surface area (Å²) < 4.78 is 20.4. The Labute approximate surface area is 205 Å². The van der Waals surface area contributed by atoms with E-state index in [1.54, 1.807) is 0 Å². The highest BCUT2D eigenvalue weighted by Crippen LogP contribution is 2.48. The molecule has 0 N–H and O–H groups in total. The Balaban J connectivity index is 1.47. The number of benzene rings is 3. The van der Waals surface area contributed by atoms with E-state index in [9.17, 15) is 0 Å². The van der Waals surface area contributed by atoms with Crippen molar-refractivity contribution in [1.82, 2.24) is 0 Å². The molecule has 4 atom stereocenters. The standard InChI is InChI=1S/C30H36O3Si/c1-29(2,3)34(25-16-10-6-11-17-25,26-18-12-7-13-19-26)33-24-20-21-27-30(4,22-24)32-28(31-27)23-14-8-5-9-15-23/h5-19,24,27-28H,20-22H2,1-4H3. The first kappa shape index (κ1) is 23.5. The van der Waals surface area contributed by atoms with Gasteiger partial charge in [0.25, 0.3) is 8.32 Å². The molecule has 1 aliphatic heterocycles. The van der Waals surface area contributed by atoms with Gasteiger partial charge in [0.15, 0.2) is 6.29 Å². The summed E-state index contributed by atoms with van der Waals surface area (Å²) in [5.74, 6) is 0. The second-order valence-corrected chi connectivity index (χ2v) is 15.2. The van der Waals surface area contributed by atoms with Gasteiger partial charge in [0, 0.05) is 18.1 Å². The molecule has 0 amide bonds. The lowest BCUT2D eigenvalue weighted by Gasteiger charge is -2.48. The van der Waals surface area contributed by atoms with Crippen LogP contribution in [0.25, 0.3) is 0 Å². The van der Waals surface area contributed by atoms with Gasteiger partial charge in [-0.1, -0.05) is 112 Å². The first-order valence-corrected chi connectivity index (χ1v) is 14.4. The molecule has 178 valence electrons. The Morgan fingerprint density at radius 3 is 1.85 bits per heavy atom. The van der Waals surface area contributed by atoms with Crippen LogP contribution in [-0.2, 0) is 13.9 Å². The van der Waals surface area contributed by atoms with E-state index < -0.39 is 8.32 Å². The maximum Gasteiger partial charge on any atom is 0.261 e. The van der Waals surface area contributed by atoms with Gasteiger partial charge in [-0.25, -0.2) is 0 Å². The fourth-order valence-electron chi connectivity index (χ4n) is 5.88. The van der Waals surface area contributed by atoms with Gasteiger partial charge in [0.2, 0.25) is 0 Å². The van der Waals surface area contributed by atoms with E-state index in [1.165, 1.54) is 10.4 Å². The van der Waals surface area contributed by atoms with Crippen LogP contribution in [0.5, 0.6) is 0 Å². The van der Waals surface area contributed by atoms with Gasteiger partial charge in [-0.2, -0.15) is 0 Å². The predicted molar refractivity (Wildman–Crippen MR) is 140 cm³/mol. The van der Waals surface area contributed by atoms with Gasteiger partial charge in [-0.05, 0) is 35.2 Å². The van der Waals surface area contributed by atoms with Gasteiger partial charge in [-0.15, -0.1) is 0 Å². The van der Waals surface area contributed by atoms with Crippen molar-refractivity contribution in [2.75, 3.05) is 0 Å². The molecule has 2 aliphatic rings. The van der Waals surface area contributed by atoms with Crippen molar-refractivity contribution in [3.63, 3.8) is 0 Å². The van der Waals surface area contributed by atoms with Crippen molar-refractivity contribution < 1.29 is 13.9 Å². The molecular weight excluding hydrogens is 436 g/mol. The second kappa shape index (κ2) is 9.08. The Morgan fingerprint density at radius 1 is 0.794 bits per heavy atom. The largest absolute Gasteiger partial charge is 0.404 e. The number of hydrogen-bond acceptors (Lipinski definition) is 3. The van der Waals surface area contributed by atoms with Crippen LogP contribution in [-0.4, -0.2) is 26.1 Å². The van der Waals surface area contributed by atoms with E-state index in [1.807, 2.05) is 18.2 Å². The molecule has 3 nitrogen and oxygen atoms in total. The lowest BCUT2D eigenvalue weighted by atomic mass is 9.82. The molecule has 2 fully saturated rings. The summed E-state index contributed by atoms with van der Waals surface area (Å²) in [5.41, 5.74) is 0.733. The molecule has 1 saturated heterocycles. The molecule has 0 aromatic heterocycles. The molecule has 0 radical (unpaired) electrons. The first-order valence-electron chi connectivity index (χ1n) is 12.5. The second-order valence-electron chi connectivity index (χ2n) is 11.0. The van der Waals surface area contributed by atoms with Crippen molar-refractivity contribution in [3.05, 3.63) is 96.6 Å². The van der Waals surface area contributed by atoms with Crippen LogP contribution in [0, 0.1) is 0 Å². The molecule has 3 aromatic rings. The molecule has 1 saturated carbocycles. The normalized spacial score (nSPS) is 27.4. The molecule has 3 aromatic carbocycles. The fourth-order valence-corrected chi connectivity index (χ4v) is 10.6. The van der Waals surface area contributed by atoms with E-state index in [4.69, 9.17) is 13.9 Å². The van der Waals surface area contributed by atoms with Crippen molar-refractivity contribution in [3.8, 4) is 0 Å². The third kappa shape index (κ3) is 4.18. The minimum Gasteiger partial charge on any atom is -0.404 e. The van der Waals surface area contributed by atoms with Gasteiger partial charge in [0.1, 0.15) is 0 Å². The van der Waals surface area contributed by atoms with E-state index in [0.29, 0.717) is 0 Å². The van der Waals surface area contributed by atoms with Crippen molar-refractivity contribution >= 4 is 18.7 Å². The summed E-state index contributed by atoms with van der Waals surface area (Å²) in [5, 5.41) is 2.62. The smallest absolute Gasteiger partial charge is 0.261 e. The first-order chi connectivity index (χ1) is 16.3. The van der Waals surface area contributed by atoms with E-state index in [-0.39, 0.29) is 29.1 Å². The van der Waals surface area contributed by atoms with Gasteiger partial charge in [-0.3, -0.25) is 0 Å². The van der Waals surface area contributed by atoms with Crippen LogP contribution in [0.3, 0.4) is 0 Å². The van der Waals surface area contributed by atoms with Crippen LogP contribution in [0.15, 0.2) is 91.0 Å². The molecule has 1 heterocycles. The third-order valence-corrected chi connectivity index (χ3v) is 12.7. The van der Waals surface area contributed by atoms with E-state index >= 15 is 0 Å². The Bertz CT molecular complexity index is 1040. The van der Waals surface area contributed by atoms with Crippen LogP contribution < -0.4 is 10.4 Å². The van der Waals surface area contributed by atoms with Gasteiger partial charge >= 0.3 is 0 Å². The summed E-state index contributed by atoms with van der Waals surface area (Å²) in [6.45, 7) is 9.23. The SMILES string of the molecule is CC12CC(O[Si](c3ccccc3)(c3ccccc3)C(C)(C)C)CCC1OC(c1ccccc1)O2. The predicted octanol–water partition coefficient (Wildman–Crippen LogP) is 5.99. The Hall–Kier alpha value is -2.24. The molecular formula is C30H36O3Si. The molecule has 5 rings (SSSR count).